The van der Waals surface area contributed by atoms with Crippen LogP contribution in [0.25, 0.3) is 0 Å². The Labute approximate surface area is 193 Å². The number of aryl methyl sites for hydroxylation is 1. The second kappa shape index (κ2) is 8.66. The van der Waals surface area contributed by atoms with Crippen molar-refractivity contribution in [3.63, 3.8) is 0 Å². The zero-order valence-electron chi connectivity index (χ0n) is 18.6. The molecule has 1 unspecified atom stereocenters. The zero-order valence-corrected chi connectivity index (χ0v) is 18.6. The van der Waals surface area contributed by atoms with E-state index in [-0.39, 0.29) is 11.9 Å². The van der Waals surface area contributed by atoms with Crippen molar-refractivity contribution in [3.05, 3.63) is 107 Å². The lowest BCUT2D eigenvalue weighted by Crippen LogP contribution is -2.52. The summed E-state index contributed by atoms with van der Waals surface area (Å²) in [6.07, 6.45) is 2.38. The molecule has 3 aromatic carbocycles. The average molecular weight is 439 g/mol. The Hall–Kier alpha value is -3.73. The van der Waals surface area contributed by atoms with Crippen LogP contribution in [0.15, 0.2) is 78.9 Å². The minimum absolute atomic E-state index is 0.0970. The van der Waals surface area contributed by atoms with Crippen LogP contribution in [0.4, 0.5) is 0 Å². The Morgan fingerprint density at radius 1 is 0.879 bits per heavy atom. The van der Waals surface area contributed by atoms with Gasteiger partial charge < -0.3 is 4.90 Å². The SMILES string of the molecule is C[C@@H](C(=O)N1CCc2ccccc2C1CCc1ccccc1)N1C(=O)c2ccccc2C1=O. The largest absolute Gasteiger partial charge is 0.334 e. The van der Waals surface area contributed by atoms with E-state index in [2.05, 4.69) is 24.3 Å². The molecule has 0 fully saturated rings. The molecule has 0 N–H and O–H groups in total. The molecule has 0 saturated heterocycles. The van der Waals surface area contributed by atoms with Gasteiger partial charge in [-0.15, -0.1) is 0 Å². The predicted molar refractivity (Wildman–Crippen MR) is 126 cm³/mol. The van der Waals surface area contributed by atoms with Gasteiger partial charge in [0.1, 0.15) is 6.04 Å². The topological polar surface area (TPSA) is 57.7 Å². The van der Waals surface area contributed by atoms with Crippen LogP contribution in [0.3, 0.4) is 0 Å². The third kappa shape index (κ3) is 3.74. The van der Waals surface area contributed by atoms with Gasteiger partial charge in [-0.2, -0.15) is 0 Å². The minimum atomic E-state index is -0.859. The Balaban J connectivity index is 1.42. The van der Waals surface area contributed by atoms with E-state index >= 15 is 0 Å². The number of hydrogen-bond acceptors (Lipinski definition) is 3. The number of hydrogen-bond donors (Lipinski definition) is 0. The molecular weight excluding hydrogens is 412 g/mol. The lowest BCUT2D eigenvalue weighted by molar-refractivity contribution is -0.138. The van der Waals surface area contributed by atoms with Crippen molar-refractivity contribution in [1.82, 2.24) is 9.80 Å². The maximum Gasteiger partial charge on any atom is 0.262 e. The molecule has 2 atom stereocenters. The van der Waals surface area contributed by atoms with E-state index in [9.17, 15) is 14.4 Å². The van der Waals surface area contributed by atoms with Gasteiger partial charge in [0, 0.05) is 6.54 Å². The number of carbonyl (C=O) groups is 3. The molecule has 3 aromatic rings. The van der Waals surface area contributed by atoms with Crippen LogP contribution in [0.1, 0.15) is 56.8 Å². The first kappa shape index (κ1) is 21.1. The summed E-state index contributed by atoms with van der Waals surface area (Å²) in [6.45, 7) is 2.24. The summed E-state index contributed by atoms with van der Waals surface area (Å²) in [7, 11) is 0. The highest BCUT2D eigenvalue weighted by atomic mass is 16.2. The van der Waals surface area contributed by atoms with E-state index in [0.29, 0.717) is 17.7 Å². The first-order valence-corrected chi connectivity index (χ1v) is 11.5. The molecule has 0 aliphatic carbocycles. The van der Waals surface area contributed by atoms with Crippen molar-refractivity contribution >= 4 is 17.7 Å². The molecule has 3 amide bonds. The van der Waals surface area contributed by atoms with Crippen molar-refractivity contribution in [2.75, 3.05) is 6.54 Å². The molecule has 2 aliphatic rings. The quantitative estimate of drug-likeness (QED) is 0.554. The van der Waals surface area contributed by atoms with Gasteiger partial charge in [0.15, 0.2) is 0 Å². The van der Waals surface area contributed by atoms with Crippen LogP contribution in [-0.4, -0.2) is 40.1 Å². The molecule has 0 saturated carbocycles. The molecule has 2 aliphatic heterocycles. The summed E-state index contributed by atoms with van der Waals surface area (Å²) in [5, 5.41) is 0. The molecule has 0 spiro atoms. The molecule has 2 heterocycles. The molecule has 5 heteroatoms. The van der Waals surface area contributed by atoms with Crippen molar-refractivity contribution in [1.29, 1.82) is 0 Å². The third-order valence-corrected chi connectivity index (χ3v) is 6.81. The maximum absolute atomic E-state index is 13.7. The van der Waals surface area contributed by atoms with Crippen molar-refractivity contribution in [2.45, 2.75) is 38.3 Å². The van der Waals surface area contributed by atoms with Gasteiger partial charge in [-0.05, 0) is 55.0 Å². The fourth-order valence-electron chi connectivity index (χ4n) is 5.08. The smallest absolute Gasteiger partial charge is 0.262 e. The normalized spacial score (nSPS) is 18.2. The van der Waals surface area contributed by atoms with Gasteiger partial charge in [0.05, 0.1) is 17.2 Å². The molecule has 0 radical (unpaired) electrons. The standard InChI is InChI=1S/C28H26N2O3/c1-19(30-27(32)23-13-7-8-14-24(23)28(30)33)26(31)29-18-17-21-11-5-6-12-22(21)25(29)16-15-20-9-3-2-4-10-20/h2-14,19,25H,15-18H2,1H3/t19-,25?/m0/s1. The number of fused-ring (bicyclic) bond motifs is 2. The van der Waals surface area contributed by atoms with Crippen LogP contribution >= 0.6 is 0 Å². The van der Waals surface area contributed by atoms with Crippen LogP contribution < -0.4 is 0 Å². The van der Waals surface area contributed by atoms with E-state index < -0.39 is 17.9 Å². The van der Waals surface area contributed by atoms with Crippen LogP contribution in [-0.2, 0) is 17.6 Å². The fourth-order valence-corrected chi connectivity index (χ4v) is 5.08. The zero-order chi connectivity index (χ0) is 22.9. The Bertz CT molecular complexity index is 1190. The lowest BCUT2D eigenvalue weighted by Gasteiger charge is -2.40. The van der Waals surface area contributed by atoms with Gasteiger partial charge in [-0.25, -0.2) is 0 Å². The third-order valence-electron chi connectivity index (χ3n) is 6.81. The molecule has 5 rings (SSSR count). The second-order valence-corrected chi connectivity index (χ2v) is 8.72. The molecule has 5 nitrogen and oxygen atoms in total. The highest BCUT2D eigenvalue weighted by molar-refractivity contribution is 6.22. The summed E-state index contributed by atoms with van der Waals surface area (Å²) in [6, 6.07) is 24.3. The van der Waals surface area contributed by atoms with Crippen molar-refractivity contribution in [3.8, 4) is 0 Å². The van der Waals surface area contributed by atoms with Crippen LogP contribution in [0, 0.1) is 0 Å². The number of amides is 3. The highest BCUT2D eigenvalue weighted by Crippen LogP contribution is 2.35. The number of nitrogens with zero attached hydrogens (tertiary/aromatic N) is 2. The summed E-state index contributed by atoms with van der Waals surface area (Å²) >= 11 is 0. The van der Waals surface area contributed by atoms with Gasteiger partial charge >= 0.3 is 0 Å². The minimum Gasteiger partial charge on any atom is -0.334 e. The summed E-state index contributed by atoms with van der Waals surface area (Å²) in [5.74, 6) is -0.971. The van der Waals surface area contributed by atoms with E-state index in [1.807, 2.05) is 35.2 Å². The van der Waals surface area contributed by atoms with Gasteiger partial charge in [0.25, 0.3) is 11.8 Å². The summed E-state index contributed by atoms with van der Waals surface area (Å²) in [5.41, 5.74) is 4.37. The molecule has 0 aromatic heterocycles. The predicted octanol–water partition coefficient (Wildman–Crippen LogP) is 4.43. The number of imide groups is 1. The summed E-state index contributed by atoms with van der Waals surface area (Å²) < 4.78 is 0. The second-order valence-electron chi connectivity index (χ2n) is 8.72. The van der Waals surface area contributed by atoms with Gasteiger partial charge in [0.2, 0.25) is 5.91 Å². The monoisotopic (exact) mass is 438 g/mol. The maximum atomic E-state index is 13.7. The van der Waals surface area contributed by atoms with E-state index in [1.165, 1.54) is 11.1 Å². The van der Waals surface area contributed by atoms with Crippen LogP contribution in [0.2, 0.25) is 0 Å². The fraction of sp³-hybridized carbons (Fsp3) is 0.250. The molecule has 0 bridgehead atoms. The van der Waals surface area contributed by atoms with E-state index in [0.717, 1.165) is 29.7 Å². The van der Waals surface area contributed by atoms with Crippen molar-refractivity contribution < 1.29 is 14.4 Å². The molecule has 33 heavy (non-hydrogen) atoms. The lowest BCUT2D eigenvalue weighted by atomic mass is 9.88. The number of carbonyl (C=O) groups excluding carboxylic acids is 3. The Morgan fingerprint density at radius 2 is 1.48 bits per heavy atom. The summed E-state index contributed by atoms with van der Waals surface area (Å²) in [4.78, 5) is 42.7. The van der Waals surface area contributed by atoms with E-state index in [4.69, 9.17) is 0 Å². The first-order valence-electron chi connectivity index (χ1n) is 11.5. The van der Waals surface area contributed by atoms with Gasteiger partial charge in [-0.1, -0.05) is 66.7 Å². The Kier molecular flexibility index (Phi) is 5.55. The number of benzene rings is 3. The van der Waals surface area contributed by atoms with E-state index in [1.54, 1.807) is 31.2 Å². The highest BCUT2D eigenvalue weighted by Gasteiger charge is 2.43. The van der Waals surface area contributed by atoms with Crippen LogP contribution in [0.5, 0.6) is 0 Å². The Morgan fingerprint density at radius 3 is 2.18 bits per heavy atom. The molecule has 166 valence electrons. The average Bonchev–Trinajstić information content (AvgIpc) is 3.12. The van der Waals surface area contributed by atoms with Gasteiger partial charge in [-0.3, -0.25) is 19.3 Å². The molecular formula is C28H26N2O3. The van der Waals surface area contributed by atoms with Crippen molar-refractivity contribution in [2.24, 2.45) is 0 Å². The number of rotatable bonds is 5. The first-order chi connectivity index (χ1) is 16.1.